The summed E-state index contributed by atoms with van der Waals surface area (Å²) in [5.74, 6) is -0.578. The molecule has 2 aromatic carbocycles. The largest absolute Gasteiger partial charge is 0.497 e. The van der Waals surface area contributed by atoms with Gasteiger partial charge < -0.3 is 10.1 Å². The minimum atomic E-state index is -3.13. The second-order valence-electron chi connectivity index (χ2n) is 8.44. The second kappa shape index (κ2) is 9.99. The van der Waals surface area contributed by atoms with Crippen LogP contribution in [0.1, 0.15) is 18.4 Å². The maximum Gasteiger partial charge on any atom is 0.237 e. The maximum atomic E-state index is 14.3. The molecule has 178 valence electrons. The number of amides is 1. The molecule has 6 nitrogen and oxygen atoms in total. The molecule has 2 saturated heterocycles. The molecular formula is C23H26F2N2O4S2. The normalized spacial score (nSPS) is 24.6. The van der Waals surface area contributed by atoms with Gasteiger partial charge in [-0.25, -0.2) is 17.2 Å². The summed E-state index contributed by atoms with van der Waals surface area (Å²) in [6, 6.07) is 9.93. The third-order valence-electron chi connectivity index (χ3n) is 5.99. The van der Waals surface area contributed by atoms with Crippen molar-refractivity contribution in [3.63, 3.8) is 0 Å². The summed E-state index contributed by atoms with van der Waals surface area (Å²) in [4.78, 5) is 16.0. The number of carbonyl (C=O) groups is 1. The predicted octanol–water partition coefficient (Wildman–Crippen LogP) is 3.01. The lowest BCUT2D eigenvalue weighted by Gasteiger charge is -2.25. The van der Waals surface area contributed by atoms with E-state index in [2.05, 4.69) is 5.32 Å². The van der Waals surface area contributed by atoms with E-state index in [0.717, 1.165) is 28.8 Å². The van der Waals surface area contributed by atoms with E-state index in [1.807, 2.05) is 29.2 Å². The molecule has 0 aliphatic carbocycles. The Morgan fingerprint density at radius 2 is 1.97 bits per heavy atom. The highest BCUT2D eigenvalue weighted by Gasteiger charge is 2.39. The van der Waals surface area contributed by atoms with Gasteiger partial charge in [-0.05, 0) is 55.3 Å². The van der Waals surface area contributed by atoms with Gasteiger partial charge in [-0.2, -0.15) is 0 Å². The Kier molecular flexibility index (Phi) is 7.25. The van der Waals surface area contributed by atoms with Crippen LogP contribution in [-0.4, -0.2) is 61.7 Å². The van der Waals surface area contributed by atoms with E-state index < -0.39 is 33.6 Å². The lowest BCUT2D eigenvalue weighted by molar-refractivity contribution is -0.126. The number of nitrogens with one attached hydrogen (secondary N) is 1. The fourth-order valence-electron chi connectivity index (χ4n) is 4.33. The van der Waals surface area contributed by atoms with Gasteiger partial charge in [0.15, 0.2) is 9.84 Å². The van der Waals surface area contributed by atoms with Crippen LogP contribution in [0.2, 0.25) is 0 Å². The first kappa shape index (κ1) is 24.0. The number of methoxy groups -OCH3 is 1. The molecule has 1 amide bonds. The number of nitrogens with zero attached hydrogens (tertiary/aromatic N) is 1. The zero-order valence-corrected chi connectivity index (χ0v) is 19.8. The SMILES string of the molecule is COc1ccc(S[C@@H]2C[C@@H](C(=O)NC3CCS(=O)(=O)C3)N(Cc3cc(F)ccc3F)C2)cc1. The summed E-state index contributed by atoms with van der Waals surface area (Å²) >= 11 is 1.61. The van der Waals surface area contributed by atoms with Gasteiger partial charge in [-0.3, -0.25) is 9.69 Å². The average Bonchev–Trinajstić information content (AvgIpc) is 3.33. The molecule has 0 radical (unpaired) electrons. The summed E-state index contributed by atoms with van der Waals surface area (Å²) in [5, 5.41) is 2.92. The smallest absolute Gasteiger partial charge is 0.237 e. The predicted molar refractivity (Wildman–Crippen MR) is 123 cm³/mol. The molecule has 1 unspecified atom stereocenters. The molecule has 4 rings (SSSR count). The molecule has 2 fully saturated rings. The molecule has 2 heterocycles. The number of hydrogen-bond donors (Lipinski definition) is 1. The van der Waals surface area contributed by atoms with Crippen molar-refractivity contribution in [2.24, 2.45) is 0 Å². The number of carbonyl (C=O) groups excluding carboxylic acids is 1. The van der Waals surface area contributed by atoms with Gasteiger partial charge >= 0.3 is 0 Å². The highest BCUT2D eigenvalue weighted by atomic mass is 32.2. The molecule has 2 aromatic rings. The third-order valence-corrected chi connectivity index (χ3v) is 8.98. The van der Waals surface area contributed by atoms with Crippen molar-refractivity contribution in [3.05, 3.63) is 59.7 Å². The standard InChI is InChI=1S/C23H26F2N2O4S2/c1-31-18-3-5-19(6-4-18)32-20-11-22(23(28)26-17-8-9-33(29,30)14-17)27(13-20)12-15-10-16(24)2-7-21(15)25/h2-7,10,17,20,22H,8-9,11-14H2,1H3,(H,26,28)/t17?,20-,22+/m1/s1. The van der Waals surface area contributed by atoms with Gasteiger partial charge in [-0.15, -0.1) is 11.8 Å². The van der Waals surface area contributed by atoms with Gasteiger partial charge in [-0.1, -0.05) is 0 Å². The van der Waals surface area contributed by atoms with E-state index in [9.17, 15) is 22.0 Å². The van der Waals surface area contributed by atoms with Crippen LogP contribution in [0.3, 0.4) is 0 Å². The Hall–Kier alpha value is -2.17. The van der Waals surface area contributed by atoms with Crippen LogP contribution >= 0.6 is 11.8 Å². The minimum absolute atomic E-state index is 0.0538. The third kappa shape index (κ3) is 6.04. The van der Waals surface area contributed by atoms with Crippen LogP contribution < -0.4 is 10.1 Å². The molecule has 10 heteroatoms. The number of rotatable bonds is 7. The summed E-state index contributed by atoms with van der Waals surface area (Å²) in [6.07, 6.45) is 0.905. The van der Waals surface area contributed by atoms with Crippen LogP contribution in [0, 0.1) is 11.6 Å². The highest BCUT2D eigenvalue weighted by molar-refractivity contribution is 8.00. The van der Waals surface area contributed by atoms with E-state index in [0.29, 0.717) is 19.4 Å². The molecule has 2 aliphatic rings. The van der Waals surface area contributed by atoms with E-state index in [1.165, 1.54) is 0 Å². The van der Waals surface area contributed by atoms with E-state index in [1.54, 1.807) is 18.9 Å². The van der Waals surface area contributed by atoms with Crippen molar-refractivity contribution in [1.29, 1.82) is 0 Å². The van der Waals surface area contributed by atoms with Gasteiger partial charge in [0.05, 0.1) is 24.7 Å². The van der Waals surface area contributed by atoms with Crippen LogP contribution in [0.25, 0.3) is 0 Å². The number of ether oxygens (including phenoxy) is 1. The van der Waals surface area contributed by atoms with E-state index in [-0.39, 0.29) is 34.8 Å². The second-order valence-corrected chi connectivity index (χ2v) is 12.0. The topological polar surface area (TPSA) is 75.7 Å². The summed E-state index contributed by atoms with van der Waals surface area (Å²) in [7, 11) is -1.53. The van der Waals surface area contributed by atoms with Crippen molar-refractivity contribution in [2.75, 3.05) is 25.2 Å². The van der Waals surface area contributed by atoms with Crippen LogP contribution in [0.4, 0.5) is 8.78 Å². The number of thioether (sulfide) groups is 1. The lowest BCUT2D eigenvalue weighted by atomic mass is 10.1. The van der Waals surface area contributed by atoms with Crippen molar-refractivity contribution >= 4 is 27.5 Å². The number of halogens is 2. The Balaban J connectivity index is 1.49. The molecule has 2 aliphatic heterocycles. The average molecular weight is 497 g/mol. The van der Waals surface area contributed by atoms with Crippen LogP contribution in [0.5, 0.6) is 5.75 Å². The zero-order valence-electron chi connectivity index (χ0n) is 18.2. The Labute approximate surface area is 196 Å². The quantitative estimate of drug-likeness (QED) is 0.635. The maximum absolute atomic E-state index is 14.3. The molecule has 0 aromatic heterocycles. The molecule has 33 heavy (non-hydrogen) atoms. The number of hydrogen-bond acceptors (Lipinski definition) is 6. The fourth-order valence-corrected chi connectivity index (χ4v) is 7.23. The fraction of sp³-hybridized carbons (Fsp3) is 0.435. The van der Waals surface area contributed by atoms with Gasteiger partial charge in [0.1, 0.15) is 17.4 Å². The number of benzene rings is 2. The Morgan fingerprint density at radius 3 is 2.64 bits per heavy atom. The van der Waals surface area contributed by atoms with Gasteiger partial charge in [0, 0.05) is 34.8 Å². The van der Waals surface area contributed by atoms with Gasteiger partial charge in [0.25, 0.3) is 0 Å². The van der Waals surface area contributed by atoms with Crippen LogP contribution in [-0.2, 0) is 21.2 Å². The Morgan fingerprint density at radius 1 is 1.21 bits per heavy atom. The first-order chi connectivity index (χ1) is 15.7. The van der Waals surface area contributed by atoms with Crippen LogP contribution in [0.15, 0.2) is 47.4 Å². The van der Waals surface area contributed by atoms with Gasteiger partial charge in [0.2, 0.25) is 5.91 Å². The molecule has 1 N–H and O–H groups in total. The van der Waals surface area contributed by atoms with Crippen molar-refractivity contribution in [3.8, 4) is 5.75 Å². The lowest BCUT2D eigenvalue weighted by Crippen LogP contribution is -2.47. The zero-order chi connectivity index (χ0) is 23.6. The van der Waals surface area contributed by atoms with Crippen molar-refractivity contribution in [1.82, 2.24) is 10.2 Å². The summed E-state index contributed by atoms with van der Waals surface area (Å²) in [5.41, 5.74) is 0.186. The monoisotopic (exact) mass is 496 g/mol. The number of likely N-dealkylation sites (tertiary alicyclic amines) is 1. The Bertz CT molecular complexity index is 1110. The molecule has 0 spiro atoms. The highest BCUT2D eigenvalue weighted by Crippen LogP contribution is 2.35. The molecule has 3 atom stereocenters. The number of sulfone groups is 1. The van der Waals surface area contributed by atoms with E-state index >= 15 is 0 Å². The summed E-state index contributed by atoms with van der Waals surface area (Å²) < 4.78 is 56.7. The van der Waals surface area contributed by atoms with E-state index in [4.69, 9.17) is 4.74 Å². The molecular weight excluding hydrogens is 470 g/mol. The summed E-state index contributed by atoms with van der Waals surface area (Å²) in [6.45, 7) is 0.595. The molecule has 0 saturated carbocycles. The van der Waals surface area contributed by atoms with Crippen molar-refractivity contribution < 1.29 is 26.7 Å². The first-order valence-corrected chi connectivity index (χ1v) is 13.4. The minimum Gasteiger partial charge on any atom is -0.497 e. The van der Waals surface area contributed by atoms with Crippen molar-refractivity contribution in [2.45, 2.75) is 41.6 Å². The first-order valence-electron chi connectivity index (χ1n) is 10.7. The molecule has 0 bridgehead atoms.